The SMILES string of the molecule is CSN1CCC2(CC1)CCC(F)(F)[C@H]2N. The van der Waals surface area contributed by atoms with Crippen molar-refractivity contribution in [2.45, 2.75) is 37.6 Å². The van der Waals surface area contributed by atoms with Crippen molar-refractivity contribution in [2.24, 2.45) is 11.1 Å². The fraction of sp³-hybridized carbons (Fsp3) is 1.00. The van der Waals surface area contributed by atoms with Gasteiger partial charge in [-0.05, 0) is 30.9 Å². The van der Waals surface area contributed by atoms with Crippen molar-refractivity contribution in [2.75, 3.05) is 19.3 Å². The lowest BCUT2D eigenvalue weighted by molar-refractivity contribution is -0.0311. The molecule has 2 fully saturated rings. The predicted molar refractivity (Wildman–Crippen MR) is 58.9 cm³/mol. The second kappa shape index (κ2) is 3.86. The number of hydrogen-bond donors (Lipinski definition) is 1. The molecule has 0 aromatic heterocycles. The minimum absolute atomic E-state index is 0.0204. The number of hydrogen-bond acceptors (Lipinski definition) is 3. The third kappa shape index (κ3) is 1.89. The van der Waals surface area contributed by atoms with Gasteiger partial charge in [0.2, 0.25) is 0 Å². The van der Waals surface area contributed by atoms with E-state index in [1.54, 1.807) is 11.9 Å². The Balaban J connectivity index is 2.05. The first-order chi connectivity index (χ1) is 7.00. The van der Waals surface area contributed by atoms with Crippen molar-refractivity contribution >= 4 is 11.9 Å². The molecule has 0 aromatic rings. The maximum Gasteiger partial charge on any atom is 0.263 e. The summed E-state index contributed by atoms with van der Waals surface area (Å²) in [4.78, 5) is 0. The van der Waals surface area contributed by atoms with Gasteiger partial charge in [-0.2, -0.15) is 0 Å². The Hall–Kier alpha value is 0.130. The molecule has 1 saturated heterocycles. The number of nitrogens with zero attached hydrogens (tertiary/aromatic N) is 1. The van der Waals surface area contributed by atoms with E-state index in [2.05, 4.69) is 4.31 Å². The Morgan fingerprint density at radius 2 is 1.80 bits per heavy atom. The van der Waals surface area contributed by atoms with Crippen LogP contribution in [-0.4, -0.2) is 35.6 Å². The van der Waals surface area contributed by atoms with Crippen molar-refractivity contribution < 1.29 is 8.78 Å². The van der Waals surface area contributed by atoms with Gasteiger partial charge in [0, 0.05) is 19.5 Å². The van der Waals surface area contributed by atoms with Gasteiger partial charge in [0.1, 0.15) is 0 Å². The Kier molecular flexibility index (Phi) is 2.99. The van der Waals surface area contributed by atoms with Gasteiger partial charge < -0.3 is 5.73 Å². The third-order valence-electron chi connectivity index (χ3n) is 4.05. The molecule has 0 bridgehead atoms. The van der Waals surface area contributed by atoms with Gasteiger partial charge in [0.05, 0.1) is 6.04 Å². The molecule has 1 aliphatic heterocycles. The van der Waals surface area contributed by atoms with Crippen LogP contribution in [0.4, 0.5) is 8.78 Å². The largest absolute Gasteiger partial charge is 0.322 e. The van der Waals surface area contributed by atoms with Crippen molar-refractivity contribution in [3.8, 4) is 0 Å². The first-order valence-corrected chi connectivity index (χ1v) is 6.61. The number of nitrogens with two attached hydrogens (primary N) is 1. The van der Waals surface area contributed by atoms with Crippen molar-refractivity contribution in [1.29, 1.82) is 0 Å². The van der Waals surface area contributed by atoms with Crippen LogP contribution >= 0.6 is 11.9 Å². The van der Waals surface area contributed by atoms with E-state index in [4.69, 9.17) is 5.73 Å². The molecule has 1 saturated carbocycles. The maximum absolute atomic E-state index is 13.4. The molecule has 5 heteroatoms. The van der Waals surface area contributed by atoms with E-state index in [0.29, 0.717) is 6.42 Å². The molecule has 2 rings (SSSR count). The van der Waals surface area contributed by atoms with Crippen LogP contribution in [0.15, 0.2) is 0 Å². The number of rotatable bonds is 1. The smallest absolute Gasteiger partial charge is 0.263 e. The van der Waals surface area contributed by atoms with Gasteiger partial charge in [0.25, 0.3) is 5.92 Å². The second-order valence-corrected chi connectivity index (χ2v) is 5.59. The van der Waals surface area contributed by atoms with Gasteiger partial charge in [-0.15, -0.1) is 0 Å². The summed E-state index contributed by atoms with van der Waals surface area (Å²) in [5.41, 5.74) is 5.45. The van der Waals surface area contributed by atoms with Crippen LogP contribution in [0.25, 0.3) is 0 Å². The van der Waals surface area contributed by atoms with Crippen LogP contribution < -0.4 is 5.73 Å². The number of halogens is 2. The highest BCUT2D eigenvalue weighted by Crippen LogP contribution is 2.52. The van der Waals surface area contributed by atoms with E-state index in [1.165, 1.54) is 0 Å². The molecule has 0 amide bonds. The number of piperidine rings is 1. The van der Waals surface area contributed by atoms with E-state index in [0.717, 1.165) is 25.9 Å². The summed E-state index contributed by atoms with van der Waals surface area (Å²) in [5.74, 6) is -2.64. The molecule has 2 N–H and O–H groups in total. The Morgan fingerprint density at radius 3 is 2.20 bits per heavy atom. The van der Waals surface area contributed by atoms with Gasteiger partial charge in [0.15, 0.2) is 0 Å². The molecule has 88 valence electrons. The van der Waals surface area contributed by atoms with Crippen LogP contribution in [0.5, 0.6) is 0 Å². The fourth-order valence-electron chi connectivity index (χ4n) is 2.85. The Labute approximate surface area is 93.7 Å². The molecule has 2 aliphatic rings. The summed E-state index contributed by atoms with van der Waals surface area (Å²) in [6.07, 6.45) is 4.26. The minimum Gasteiger partial charge on any atom is -0.322 e. The van der Waals surface area contributed by atoms with Crippen LogP contribution in [0.1, 0.15) is 25.7 Å². The van der Waals surface area contributed by atoms with Gasteiger partial charge >= 0.3 is 0 Å². The summed E-state index contributed by atoms with van der Waals surface area (Å²) >= 11 is 1.69. The van der Waals surface area contributed by atoms with Crippen molar-refractivity contribution in [1.82, 2.24) is 4.31 Å². The summed E-state index contributed by atoms with van der Waals surface area (Å²) in [6, 6.07) is -0.922. The molecule has 0 radical (unpaired) electrons. The number of alkyl halides is 2. The highest BCUT2D eigenvalue weighted by Gasteiger charge is 2.57. The van der Waals surface area contributed by atoms with Crippen molar-refractivity contribution in [3.05, 3.63) is 0 Å². The van der Waals surface area contributed by atoms with E-state index >= 15 is 0 Å². The molecular weight excluding hydrogens is 218 g/mol. The third-order valence-corrected chi connectivity index (χ3v) is 4.93. The van der Waals surface area contributed by atoms with Crippen LogP contribution in [-0.2, 0) is 0 Å². The average molecular weight is 236 g/mol. The molecule has 2 nitrogen and oxygen atoms in total. The van der Waals surface area contributed by atoms with E-state index < -0.39 is 12.0 Å². The van der Waals surface area contributed by atoms with E-state index in [1.807, 2.05) is 6.26 Å². The van der Waals surface area contributed by atoms with Crippen molar-refractivity contribution in [3.63, 3.8) is 0 Å². The van der Waals surface area contributed by atoms with E-state index in [-0.39, 0.29) is 11.8 Å². The molecule has 1 heterocycles. The molecule has 15 heavy (non-hydrogen) atoms. The normalized spacial score (nSPS) is 34.8. The molecule has 0 unspecified atom stereocenters. The zero-order chi connectivity index (χ0) is 11.1. The van der Waals surface area contributed by atoms with E-state index in [9.17, 15) is 8.78 Å². The zero-order valence-corrected chi connectivity index (χ0v) is 9.83. The quantitative estimate of drug-likeness (QED) is 0.707. The second-order valence-electron chi connectivity index (χ2n) is 4.71. The lowest BCUT2D eigenvalue weighted by Gasteiger charge is -2.41. The predicted octanol–water partition coefficient (Wildman–Crippen LogP) is 2.10. The fourth-order valence-corrected chi connectivity index (χ4v) is 3.40. The molecule has 0 aromatic carbocycles. The Morgan fingerprint density at radius 1 is 1.20 bits per heavy atom. The first kappa shape index (κ1) is 11.6. The first-order valence-electron chi connectivity index (χ1n) is 5.43. The highest BCUT2D eigenvalue weighted by molar-refractivity contribution is 7.96. The molecule has 1 aliphatic carbocycles. The van der Waals surface area contributed by atoms with Gasteiger partial charge in [-0.1, -0.05) is 11.9 Å². The van der Waals surface area contributed by atoms with Crippen LogP contribution in [0, 0.1) is 5.41 Å². The minimum atomic E-state index is -2.64. The topological polar surface area (TPSA) is 29.3 Å². The summed E-state index contributed by atoms with van der Waals surface area (Å²) in [6.45, 7) is 1.79. The standard InChI is InChI=1S/C10H18F2N2S/c1-15-14-6-4-9(5-7-14)2-3-10(11,12)8(9)13/h8H,2-7,13H2,1H3/t8-/m0/s1. The molecule has 1 atom stereocenters. The Bertz CT molecular complexity index is 240. The zero-order valence-electron chi connectivity index (χ0n) is 9.01. The van der Waals surface area contributed by atoms with Gasteiger partial charge in [-0.25, -0.2) is 8.78 Å². The summed E-state index contributed by atoms with van der Waals surface area (Å²) in [7, 11) is 0. The maximum atomic E-state index is 13.4. The average Bonchev–Trinajstić information content (AvgIpc) is 2.45. The summed E-state index contributed by atoms with van der Waals surface area (Å²) < 4.78 is 29.0. The van der Waals surface area contributed by atoms with Crippen LogP contribution in [0.3, 0.4) is 0 Å². The lowest BCUT2D eigenvalue weighted by Crippen LogP contribution is -2.51. The van der Waals surface area contributed by atoms with Gasteiger partial charge in [-0.3, -0.25) is 4.31 Å². The highest BCUT2D eigenvalue weighted by atomic mass is 32.2. The molecular formula is C10H18F2N2S. The van der Waals surface area contributed by atoms with Crippen LogP contribution in [0.2, 0.25) is 0 Å². The monoisotopic (exact) mass is 236 g/mol. The lowest BCUT2D eigenvalue weighted by atomic mass is 9.74. The summed E-state index contributed by atoms with van der Waals surface area (Å²) in [5, 5.41) is 0. The molecule has 1 spiro atoms.